The fraction of sp³-hybridized carbons (Fsp3) is 0.812. The van der Waals surface area contributed by atoms with Crippen LogP contribution in [0, 0.1) is 0 Å². The van der Waals surface area contributed by atoms with Crippen molar-refractivity contribution in [3.63, 3.8) is 0 Å². The second kappa shape index (κ2) is 7.07. The summed E-state index contributed by atoms with van der Waals surface area (Å²) < 4.78 is 5.71. The summed E-state index contributed by atoms with van der Waals surface area (Å²) in [7, 11) is 3.82. The molecule has 0 saturated carbocycles. The molecule has 2 rings (SSSR count). The summed E-state index contributed by atoms with van der Waals surface area (Å²) >= 11 is 1.84. The topological polar surface area (TPSA) is 37.4 Å². The number of hydrogen-bond donors (Lipinski definition) is 1. The monoisotopic (exact) mass is 311 g/mol. The van der Waals surface area contributed by atoms with E-state index >= 15 is 0 Å². The third kappa shape index (κ3) is 3.76. The van der Waals surface area contributed by atoms with Crippen LogP contribution in [0.25, 0.3) is 0 Å². The highest BCUT2D eigenvalue weighted by Crippen LogP contribution is 2.35. The smallest absolute Gasteiger partial charge is 0.185 e. The molecule has 1 aromatic rings. The third-order valence-electron chi connectivity index (χ3n) is 4.56. The van der Waals surface area contributed by atoms with Gasteiger partial charge in [-0.1, -0.05) is 13.8 Å². The minimum absolute atomic E-state index is 0.0381. The Labute approximate surface area is 132 Å². The van der Waals surface area contributed by atoms with Gasteiger partial charge in [-0.25, -0.2) is 4.98 Å². The zero-order valence-electron chi connectivity index (χ0n) is 14.0. The van der Waals surface area contributed by atoms with Crippen molar-refractivity contribution in [3.8, 4) is 0 Å². The predicted molar refractivity (Wildman–Crippen MR) is 90.4 cm³/mol. The van der Waals surface area contributed by atoms with Crippen molar-refractivity contribution in [1.82, 2.24) is 10.3 Å². The summed E-state index contributed by atoms with van der Waals surface area (Å²) in [6.07, 6.45) is 3.44. The van der Waals surface area contributed by atoms with Gasteiger partial charge in [-0.2, -0.15) is 0 Å². The summed E-state index contributed by atoms with van der Waals surface area (Å²) in [4.78, 5) is 8.76. The van der Waals surface area contributed by atoms with Gasteiger partial charge in [0.2, 0.25) is 0 Å². The fourth-order valence-electron chi connectivity index (χ4n) is 2.89. The summed E-state index contributed by atoms with van der Waals surface area (Å²) in [5, 5.41) is 4.44. The van der Waals surface area contributed by atoms with Crippen LogP contribution in [-0.2, 0) is 11.3 Å². The van der Waals surface area contributed by atoms with Crippen molar-refractivity contribution in [3.05, 3.63) is 10.6 Å². The molecule has 1 N–H and O–H groups in total. The van der Waals surface area contributed by atoms with E-state index in [1.165, 1.54) is 22.1 Å². The van der Waals surface area contributed by atoms with Crippen LogP contribution < -0.4 is 10.2 Å². The van der Waals surface area contributed by atoms with Gasteiger partial charge in [0.15, 0.2) is 5.13 Å². The molecule has 4 nitrogen and oxygen atoms in total. The lowest BCUT2D eigenvalue weighted by atomic mass is 9.95. The van der Waals surface area contributed by atoms with Crippen LogP contribution in [0.1, 0.15) is 56.5 Å². The molecule has 0 bridgehead atoms. The largest absolute Gasteiger partial charge is 0.377 e. The molecule has 2 unspecified atom stereocenters. The van der Waals surface area contributed by atoms with Gasteiger partial charge < -0.3 is 15.0 Å². The lowest BCUT2D eigenvalue weighted by Gasteiger charge is -2.39. The van der Waals surface area contributed by atoms with Gasteiger partial charge >= 0.3 is 0 Å². The van der Waals surface area contributed by atoms with Crippen molar-refractivity contribution in [2.45, 2.75) is 58.1 Å². The quantitative estimate of drug-likeness (QED) is 0.874. The number of hydrogen-bond acceptors (Lipinski definition) is 5. The standard InChI is InChI=1S/C16H29N3OS/c1-6-12(2)14-13(10-17-4)21-15(18-14)19-9-7-8-16(3,11-19)20-5/h12,17H,6-11H2,1-5H3. The molecule has 0 amide bonds. The molecule has 1 aliphatic rings. The van der Waals surface area contributed by atoms with Crippen LogP contribution in [0.4, 0.5) is 5.13 Å². The Balaban J connectivity index is 2.23. The van der Waals surface area contributed by atoms with Crippen molar-refractivity contribution >= 4 is 16.5 Å². The average molecular weight is 311 g/mol. The van der Waals surface area contributed by atoms with Crippen molar-refractivity contribution in [2.24, 2.45) is 0 Å². The second-order valence-corrected chi connectivity index (χ2v) is 7.39. The molecule has 5 heteroatoms. The van der Waals surface area contributed by atoms with E-state index in [0.29, 0.717) is 5.92 Å². The molecule has 2 atom stereocenters. The molecule has 0 aromatic carbocycles. The molecule has 1 aliphatic heterocycles. The Kier molecular flexibility index (Phi) is 5.63. The first-order valence-electron chi connectivity index (χ1n) is 7.97. The third-order valence-corrected chi connectivity index (χ3v) is 5.69. The molecule has 2 heterocycles. The van der Waals surface area contributed by atoms with E-state index in [4.69, 9.17) is 9.72 Å². The first-order valence-corrected chi connectivity index (χ1v) is 8.79. The summed E-state index contributed by atoms with van der Waals surface area (Å²) in [5.74, 6) is 0.525. The van der Waals surface area contributed by atoms with Crippen molar-refractivity contribution in [2.75, 3.05) is 32.1 Å². The summed E-state index contributed by atoms with van der Waals surface area (Å²) in [6.45, 7) is 9.65. The van der Waals surface area contributed by atoms with Gasteiger partial charge in [-0.15, -0.1) is 11.3 Å². The zero-order valence-corrected chi connectivity index (χ0v) is 14.8. The average Bonchev–Trinajstić information content (AvgIpc) is 2.91. The van der Waals surface area contributed by atoms with Crippen LogP contribution in [0.3, 0.4) is 0 Å². The summed E-state index contributed by atoms with van der Waals surface area (Å²) in [6, 6.07) is 0. The minimum atomic E-state index is -0.0381. The van der Waals surface area contributed by atoms with E-state index in [2.05, 4.69) is 31.0 Å². The highest BCUT2D eigenvalue weighted by atomic mass is 32.1. The van der Waals surface area contributed by atoms with Crippen LogP contribution in [0.2, 0.25) is 0 Å². The van der Waals surface area contributed by atoms with Gasteiger partial charge in [0, 0.05) is 31.6 Å². The van der Waals surface area contributed by atoms with E-state index in [9.17, 15) is 0 Å². The molecule has 120 valence electrons. The molecule has 1 fully saturated rings. The van der Waals surface area contributed by atoms with Crippen molar-refractivity contribution < 1.29 is 4.74 Å². The number of nitrogens with zero attached hydrogens (tertiary/aromatic N) is 2. The number of anilines is 1. The maximum atomic E-state index is 5.71. The van der Waals surface area contributed by atoms with Crippen LogP contribution in [0.5, 0.6) is 0 Å². The maximum Gasteiger partial charge on any atom is 0.185 e. The number of rotatable bonds is 6. The molecule has 21 heavy (non-hydrogen) atoms. The molecule has 1 saturated heterocycles. The van der Waals surface area contributed by atoms with Crippen LogP contribution in [0.15, 0.2) is 0 Å². The van der Waals surface area contributed by atoms with Gasteiger partial charge in [-0.3, -0.25) is 0 Å². The van der Waals surface area contributed by atoms with E-state index in [1.807, 2.05) is 25.5 Å². The van der Waals surface area contributed by atoms with Crippen LogP contribution in [-0.4, -0.2) is 37.8 Å². The number of thiazole rings is 1. The molecular formula is C16H29N3OS. The first kappa shape index (κ1) is 16.7. The fourth-order valence-corrected chi connectivity index (χ4v) is 4.10. The number of piperidine rings is 1. The predicted octanol–water partition coefficient (Wildman–Crippen LogP) is 3.38. The van der Waals surface area contributed by atoms with E-state index in [-0.39, 0.29) is 5.60 Å². The van der Waals surface area contributed by atoms with Crippen LogP contribution >= 0.6 is 11.3 Å². The highest BCUT2D eigenvalue weighted by Gasteiger charge is 2.32. The maximum absolute atomic E-state index is 5.71. The second-order valence-electron chi connectivity index (χ2n) is 6.32. The van der Waals surface area contributed by atoms with Gasteiger partial charge in [0.25, 0.3) is 0 Å². The van der Waals surface area contributed by atoms with E-state index < -0.39 is 0 Å². The van der Waals surface area contributed by atoms with Crippen molar-refractivity contribution in [1.29, 1.82) is 0 Å². The lowest BCUT2D eigenvalue weighted by molar-refractivity contribution is -0.00466. The molecule has 0 aliphatic carbocycles. The summed E-state index contributed by atoms with van der Waals surface area (Å²) in [5.41, 5.74) is 1.24. The Morgan fingerprint density at radius 1 is 1.52 bits per heavy atom. The number of ether oxygens (including phenoxy) is 1. The number of methoxy groups -OCH3 is 1. The molecule has 0 radical (unpaired) electrons. The Hall–Kier alpha value is -0.650. The molecule has 1 aromatic heterocycles. The first-order chi connectivity index (χ1) is 10.0. The SMILES string of the molecule is CCC(C)c1nc(N2CCCC(C)(OC)C2)sc1CNC. The van der Waals surface area contributed by atoms with E-state index in [0.717, 1.165) is 32.5 Å². The molecular weight excluding hydrogens is 282 g/mol. The van der Waals surface area contributed by atoms with Gasteiger partial charge in [0.1, 0.15) is 0 Å². The number of aromatic nitrogens is 1. The highest BCUT2D eigenvalue weighted by molar-refractivity contribution is 7.15. The van der Waals surface area contributed by atoms with Gasteiger partial charge in [-0.05, 0) is 39.2 Å². The zero-order chi connectivity index (χ0) is 15.5. The molecule has 0 spiro atoms. The Bertz CT molecular complexity index is 462. The Morgan fingerprint density at radius 2 is 2.29 bits per heavy atom. The van der Waals surface area contributed by atoms with E-state index in [1.54, 1.807) is 0 Å². The van der Waals surface area contributed by atoms with Gasteiger partial charge in [0.05, 0.1) is 11.3 Å². The number of nitrogens with one attached hydrogen (secondary N) is 1. The lowest BCUT2D eigenvalue weighted by Crippen LogP contribution is -2.47. The Morgan fingerprint density at radius 3 is 2.90 bits per heavy atom. The normalized spacial score (nSPS) is 24.3. The minimum Gasteiger partial charge on any atom is -0.377 e.